The number of aliphatic imine (C=N–C) groups is 1. The van der Waals surface area contributed by atoms with E-state index in [9.17, 15) is 9.59 Å². The number of hydrogen-bond donors (Lipinski definition) is 0. The number of hydrogen-bond acceptors (Lipinski definition) is 4. The fourth-order valence-corrected chi connectivity index (χ4v) is 3.01. The lowest BCUT2D eigenvalue weighted by Gasteiger charge is -2.31. The van der Waals surface area contributed by atoms with Crippen LogP contribution >= 0.6 is 11.6 Å². The summed E-state index contributed by atoms with van der Waals surface area (Å²) in [5.41, 5.74) is 1.51. The SMILES string of the molecule is COCCN=CC1C(=O)N(c2ccccc2Cl)C(=O)c2ccccc21. The number of para-hydroxylation sites is 1. The highest BCUT2D eigenvalue weighted by molar-refractivity contribution is 6.37. The molecule has 2 amide bonds. The highest BCUT2D eigenvalue weighted by atomic mass is 35.5. The van der Waals surface area contributed by atoms with E-state index in [1.807, 2.05) is 0 Å². The first kappa shape index (κ1) is 17.3. The van der Waals surface area contributed by atoms with Gasteiger partial charge in [-0.05, 0) is 23.8 Å². The lowest BCUT2D eigenvalue weighted by molar-refractivity contribution is -0.118. The van der Waals surface area contributed by atoms with E-state index < -0.39 is 5.92 Å². The molecule has 1 unspecified atom stereocenters. The standard InChI is InChI=1S/C19H17ClN2O3/c1-25-11-10-21-12-15-13-6-2-3-7-14(13)18(23)22(19(15)24)17-9-5-4-8-16(17)20/h2-9,12,15H,10-11H2,1H3. The Morgan fingerprint density at radius 2 is 1.88 bits per heavy atom. The second-order valence-corrected chi connectivity index (χ2v) is 5.95. The first-order valence-electron chi connectivity index (χ1n) is 7.85. The Labute approximate surface area is 150 Å². The third-order valence-electron chi connectivity index (χ3n) is 3.99. The van der Waals surface area contributed by atoms with Crippen LogP contribution in [0.4, 0.5) is 5.69 Å². The molecule has 0 aromatic heterocycles. The van der Waals surface area contributed by atoms with E-state index in [1.54, 1.807) is 61.9 Å². The molecule has 0 radical (unpaired) electrons. The number of anilines is 1. The van der Waals surface area contributed by atoms with Crippen molar-refractivity contribution in [2.75, 3.05) is 25.2 Å². The highest BCUT2D eigenvalue weighted by Gasteiger charge is 2.39. The molecular weight excluding hydrogens is 340 g/mol. The van der Waals surface area contributed by atoms with Crippen molar-refractivity contribution >= 4 is 35.3 Å². The van der Waals surface area contributed by atoms with Crippen LogP contribution < -0.4 is 4.90 Å². The molecule has 0 N–H and O–H groups in total. The van der Waals surface area contributed by atoms with Crippen LogP contribution in [0.25, 0.3) is 0 Å². The van der Waals surface area contributed by atoms with Crippen molar-refractivity contribution in [2.45, 2.75) is 5.92 Å². The van der Waals surface area contributed by atoms with Gasteiger partial charge in [-0.3, -0.25) is 14.6 Å². The van der Waals surface area contributed by atoms with Crippen LogP contribution in [0, 0.1) is 0 Å². The number of imide groups is 1. The van der Waals surface area contributed by atoms with E-state index in [1.165, 1.54) is 0 Å². The largest absolute Gasteiger partial charge is 0.383 e. The van der Waals surface area contributed by atoms with Gasteiger partial charge in [0.05, 0.1) is 29.8 Å². The molecule has 2 aromatic carbocycles. The summed E-state index contributed by atoms with van der Waals surface area (Å²) in [4.78, 5) is 31.3. The van der Waals surface area contributed by atoms with Crippen LogP contribution in [0.15, 0.2) is 53.5 Å². The van der Waals surface area contributed by atoms with Crippen molar-refractivity contribution < 1.29 is 14.3 Å². The number of benzene rings is 2. The average Bonchev–Trinajstić information content (AvgIpc) is 2.63. The molecule has 5 nitrogen and oxygen atoms in total. The summed E-state index contributed by atoms with van der Waals surface area (Å²) >= 11 is 6.21. The van der Waals surface area contributed by atoms with Gasteiger partial charge in [-0.15, -0.1) is 0 Å². The third kappa shape index (κ3) is 3.34. The summed E-state index contributed by atoms with van der Waals surface area (Å²) in [6, 6.07) is 13.9. The smallest absolute Gasteiger partial charge is 0.265 e. The average molecular weight is 357 g/mol. The Hall–Kier alpha value is -2.50. The van der Waals surface area contributed by atoms with Gasteiger partial charge >= 0.3 is 0 Å². The third-order valence-corrected chi connectivity index (χ3v) is 4.31. The number of ether oxygens (including phenoxy) is 1. The van der Waals surface area contributed by atoms with Gasteiger partial charge in [0.2, 0.25) is 5.91 Å². The molecule has 128 valence electrons. The molecule has 0 spiro atoms. The maximum Gasteiger partial charge on any atom is 0.265 e. The quantitative estimate of drug-likeness (QED) is 0.469. The molecule has 0 saturated carbocycles. The Bertz CT molecular complexity index is 835. The predicted molar refractivity (Wildman–Crippen MR) is 97.7 cm³/mol. The van der Waals surface area contributed by atoms with Crippen LogP contribution in [-0.4, -0.2) is 38.3 Å². The second-order valence-electron chi connectivity index (χ2n) is 5.54. The highest BCUT2D eigenvalue weighted by Crippen LogP contribution is 2.35. The summed E-state index contributed by atoms with van der Waals surface area (Å²) < 4.78 is 4.97. The van der Waals surface area contributed by atoms with E-state index in [4.69, 9.17) is 16.3 Å². The first-order valence-corrected chi connectivity index (χ1v) is 8.23. The lowest BCUT2D eigenvalue weighted by atomic mass is 9.89. The minimum Gasteiger partial charge on any atom is -0.383 e. The topological polar surface area (TPSA) is 59.0 Å². The molecule has 25 heavy (non-hydrogen) atoms. The molecule has 6 heteroatoms. The van der Waals surface area contributed by atoms with Gasteiger partial charge < -0.3 is 4.74 Å². The van der Waals surface area contributed by atoms with E-state index >= 15 is 0 Å². The number of rotatable bonds is 5. The van der Waals surface area contributed by atoms with Gasteiger partial charge in [-0.25, -0.2) is 4.90 Å². The number of halogens is 1. The number of carbonyl (C=O) groups is 2. The summed E-state index contributed by atoms with van der Waals surface area (Å²) in [5.74, 6) is -1.38. The zero-order valence-corrected chi connectivity index (χ0v) is 14.4. The maximum atomic E-state index is 13.0. The molecule has 1 aliphatic heterocycles. The van der Waals surface area contributed by atoms with Crippen LogP contribution in [0.2, 0.25) is 5.02 Å². The fourth-order valence-electron chi connectivity index (χ4n) is 2.78. The first-order chi connectivity index (χ1) is 12.1. The lowest BCUT2D eigenvalue weighted by Crippen LogP contribution is -2.45. The summed E-state index contributed by atoms with van der Waals surface area (Å²) in [6.07, 6.45) is 1.58. The molecule has 1 atom stereocenters. The maximum absolute atomic E-state index is 13.0. The summed E-state index contributed by atoms with van der Waals surface area (Å²) in [5, 5.41) is 0.346. The number of methoxy groups -OCH3 is 1. The van der Waals surface area contributed by atoms with Crippen molar-refractivity contribution in [2.24, 2.45) is 4.99 Å². The van der Waals surface area contributed by atoms with Gasteiger partial charge in [0.15, 0.2) is 0 Å². The van der Waals surface area contributed by atoms with Crippen LogP contribution in [0.5, 0.6) is 0 Å². The molecule has 3 rings (SSSR count). The Kier molecular flexibility index (Phi) is 5.26. The summed E-state index contributed by atoms with van der Waals surface area (Å²) in [6.45, 7) is 0.911. The molecular formula is C19H17ClN2O3. The van der Waals surface area contributed by atoms with Crippen molar-refractivity contribution in [3.05, 3.63) is 64.7 Å². The van der Waals surface area contributed by atoms with Crippen molar-refractivity contribution in [1.82, 2.24) is 0 Å². The molecule has 1 heterocycles. The molecule has 0 saturated heterocycles. The van der Waals surface area contributed by atoms with E-state index in [-0.39, 0.29) is 11.8 Å². The van der Waals surface area contributed by atoms with Crippen molar-refractivity contribution in [3.63, 3.8) is 0 Å². The van der Waals surface area contributed by atoms with Crippen LogP contribution in [0.1, 0.15) is 21.8 Å². The van der Waals surface area contributed by atoms with Gasteiger partial charge in [0, 0.05) is 18.9 Å². The van der Waals surface area contributed by atoms with Gasteiger partial charge in [-0.2, -0.15) is 0 Å². The van der Waals surface area contributed by atoms with Crippen LogP contribution in [-0.2, 0) is 9.53 Å². The zero-order valence-electron chi connectivity index (χ0n) is 13.7. The Morgan fingerprint density at radius 1 is 1.16 bits per heavy atom. The second kappa shape index (κ2) is 7.59. The zero-order chi connectivity index (χ0) is 17.8. The Morgan fingerprint density at radius 3 is 2.64 bits per heavy atom. The van der Waals surface area contributed by atoms with E-state index in [0.717, 1.165) is 4.90 Å². The summed E-state index contributed by atoms with van der Waals surface area (Å²) in [7, 11) is 1.59. The fraction of sp³-hybridized carbons (Fsp3) is 0.211. The molecule has 1 aliphatic rings. The molecule has 2 aromatic rings. The van der Waals surface area contributed by atoms with Crippen molar-refractivity contribution in [3.8, 4) is 0 Å². The normalized spacial score (nSPS) is 17.2. The van der Waals surface area contributed by atoms with Crippen molar-refractivity contribution in [1.29, 1.82) is 0 Å². The van der Waals surface area contributed by atoms with Crippen LogP contribution in [0.3, 0.4) is 0 Å². The molecule has 0 aliphatic carbocycles. The minimum atomic E-state index is -0.637. The number of amides is 2. The van der Waals surface area contributed by atoms with E-state index in [0.29, 0.717) is 35.0 Å². The molecule has 0 fully saturated rings. The number of nitrogens with zero attached hydrogens (tertiary/aromatic N) is 2. The van der Waals surface area contributed by atoms with Gasteiger partial charge in [0.25, 0.3) is 5.91 Å². The number of fused-ring (bicyclic) bond motifs is 1. The number of carbonyl (C=O) groups excluding carboxylic acids is 2. The minimum absolute atomic E-state index is 0.346. The predicted octanol–water partition coefficient (Wildman–Crippen LogP) is 3.33. The van der Waals surface area contributed by atoms with Gasteiger partial charge in [-0.1, -0.05) is 41.9 Å². The monoisotopic (exact) mass is 356 g/mol. The molecule has 0 bridgehead atoms. The Balaban J connectivity index is 2.05. The van der Waals surface area contributed by atoms with Gasteiger partial charge in [0.1, 0.15) is 0 Å². The van der Waals surface area contributed by atoms with E-state index in [2.05, 4.69) is 4.99 Å².